The number of aliphatic hydroxyl groups is 1. The van der Waals surface area contributed by atoms with Crippen molar-refractivity contribution in [1.82, 2.24) is 9.97 Å². The third-order valence-corrected chi connectivity index (χ3v) is 2.69. The first kappa shape index (κ1) is 12.2. The molecule has 0 saturated heterocycles. The van der Waals surface area contributed by atoms with E-state index in [0.29, 0.717) is 16.1 Å². The van der Waals surface area contributed by atoms with Gasteiger partial charge in [0.05, 0.1) is 6.10 Å². The third kappa shape index (κ3) is 4.01. The van der Waals surface area contributed by atoms with E-state index >= 15 is 0 Å². The van der Waals surface area contributed by atoms with E-state index in [4.69, 9.17) is 10.8 Å². The zero-order chi connectivity index (χ0) is 11.3. The van der Waals surface area contributed by atoms with Gasteiger partial charge >= 0.3 is 0 Å². The molecule has 84 valence electrons. The van der Waals surface area contributed by atoms with Crippen LogP contribution in [0.3, 0.4) is 0 Å². The SMILES string of the molecule is CC(O)CCCNc1ncnc(N)c1Br. The number of anilines is 2. The summed E-state index contributed by atoms with van der Waals surface area (Å²) in [6.07, 6.45) is 2.81. The molecule has 6 heteroatoms. The Bertz CT molecular complexity index is 319. The van der Waals surface area contributed by atoms with Gasteiger partial charge in [0.25, 0.3) is 0 Å². The van der Waals surface area contributed by atoms with E-state index in [-0.39, 0.29) is 6.10 Å². The monoisotopic (exact) mass is 274 g/mol. The summed E-state index contributed by atoms with van der Waals surface area (Å²) in [5, 5.41) is 12.2. The summed E-state index contributed by atoms with van der Waals surface area (Å²) in [6, 6.07) is 0. The van der Waals surface area contributed by atoms with E-state index in [2.05, 4.69) is 31.2 Å². The molecule has 5 nitrogen and oxygen atoms in total. The minimum Gasteiger partial charge on any atom is -0.393 e. The molecule has 0 aliphatic carbocycles. The summed E-state index contributed by atoms with van der Waals surface area (Å²) in [5.41, 5.74) is 5.60. The molecule has 0 radical (unpaired) electrons. The maximum absolute atomic E-state index is 9.07. The second-order valence-electron chi connectivity index (χ2n) is 3.34. The molecule has 1 aromatic rings. The van der Waals surface area contributed by atoms with E-state index in [1.807, 2.05) is 0 Å². The summed E-state index contributed by atoms with van der Waals surface area (Å²) in [4.78, 5) is 7.88. The molecule has 1 atom stereocenters. The fraction of sp³-hybridized carbons (Fsp3) is 0.556. The van der Waals surface area contributed by atoms with Crippen LogP contribution in [0.2, 0.25) is 0 Å². The van der Waals surface area contributed by atoms with Crippen LogP contribution in [-0.2, 0) is 0 Å². The van der Waals surface area contributed by atoms with E-state index in [1.54, 1.807) is 6.92 Å². The molecule has 1 rings (SSSR count). The van der Waals surface area contributed by atoms with Crippen LogP contribution in [0.4, 0.5) is 11.6 Å². The van der Waals surface area contributed by atoms with E-state index in [0.717, 1.165) is 19.4 Å². The Kier molecular flexibility index (Phi) is 4.77. The summed E-state index contributed by atoms with van der Waals surface area (Å²) < 4.78 is 0.682. The number of nitrogen functional groups attached to an aromatic ring is 1. The van der Waals surface area contributed by atoms with Crippen LogP contribution >= 0.6 is 15.9 Å². The number of nitrogens with zero attached hydrogens (tertiary/aromatic N) is 2. The van der Waals surface area contributed by atoms with Crippen molar-refractivity contribution in [2.24, 2.45) is 0 Å². The Balaban J connectivity index is 2.41. The first-order valence-corrected chi connectivity index (χ1v) is 5.58. The lowest BCUT2D eigenvalue weighted by molar-refractivity contribution is 0.183. The minimum atomic E-state index is -0.259. The molecule has 1 heterocycles. The Hall–Kier alpha value is -0.880. The molecule has 0 spiro atoms. The molecule has 1 unspecified atom stereocenters. The Morgan fingerprint density at radius 1 is 1.60 bits per heavy atom. The number of nitrogens with two attached hydrogens (primary N) is 1. The summed E-state index contributed by atoms with van der Waals surface area (Å²) in [7, 11) is 0. The van der Waals surface area contributed by atoms with Gasteiger partial charge in [-0.05, 0) is 35.7 Å². The molecule has 0 saturated carbocycles. The number of rotatable bonds is 5. The average Bonchev–Trinajstić information content (AvgIpc) is 2.18. The number of aromatic nitrogens is 2. The molecule has 0 fully saturated rings. The molecule has 0 bridgehead atoms. The van der Waals surface area contributed by atoms with Crippen molar-refractivity contribution in [3.8, 4) is 0 Å². The fourth-order valence-electron chi connectivity index (χ4n) is 1.11. The minimum absolute atomic E-state index is 0.259. The van der Waals surface area contributed by atoms with Crippen molar-refractivity contribution in [1.29, 1.82) is 0 Å². The van der Waals surface area contributed by atoms with Crippen LogP contribution in [0.25, 0.3) is 0 Å². The highest BCUT2D eigenvalue weighted by Crippen LogP contribution is 2.23. The third-order valence-electron chi connectivity index (χ3n) is 1.91. The molecule has 0 aromatic carbocycles. The van der Waals surface area contributed by atoms with Crippen molar-refractivity contribution in [3.63, 3.8) is 0 Å². The van der Waals surface area contributed by atoms with Gasteiger partial charge in [0.1, 0.15) is 22.4 Å². The Labute approximate surface area is 97.2 Å². The van der Waals surface area contributed by atoms with Gasteiger partial charge < -0.3 is 16.2 Å². The molecule has 0 amide bonds. The summed E-state index contributed by atoms with van der Waals surface area (Å²) in [5.74, 6) is 1.11. The quantitative estimate of drug-likeness (QED) is 0.707. The zero-order valence-corrected chi connectivity index (χ0v) is 10.2. The van der Waals surface area contributed by atoms with Gasteiger partial charge in [0, 0.05) is 6.54 Å². The maximum atomic E-state index is 9.07. The van der Waals surface area contributed by atoms with Gasteiger partial charge in [-0.3, -0.25) is 0 Å². The number of nitrogens with one attached hydrogen (secondary N) is 1. The van der Waals surface area contributed by atoms with Crippen molar-refractivity contribution >= 4 is 27.6 Å². The average molecular weight is 275 g/mol. The Morgan fingerprint density at radius 3 is 3.00 bits per heavy atom. The van der Waals surface area contributed by atoms with Crippen molar-refractivity contribution < 1.29 is 5.11 Å². The van der Waals surface area contributed by atoms with E-state index in [9.17, 15) is 0 Å². The first-order valence-electron chi connectivity index (χ1n) is 4.79. The lowest BCUT2D eigenvalue weighted by Gasteiger charge is -2.08. The summed E-state index contributed by atoms with van der Waals surface area (Å²) in [6.45, 7) is 2.53. The smallest absolute Gasteiger partial charge is 0.145 e. The normalized spacial score (nSPS) is 12.5. The van der Waals surface area contributed by atoms with Crippen molar-refractivity contribution in [2.45, 2.75) is 25.9 Å². The maximum Gasteiger partial charge on any atom is 0.145 e. The topological polar surface area (TPSA) is 84.1 Å². The predicted octanol–water partition coefficient (Wildman–Crippen LogP) is 1.39. The number of hydrogen-bond donors (Lipinski definition) is 3. The lowest BCUT2D eigenvalue weighted by atomic mass is 10.2. The van der Waals surface area contributed by atoms with Crippen LogP contribution in [0.5, 0.6) is 0 Å². The molecular weight excluding hydrogens is 260 g/mol. The molecule has 15 heavy (non-hydrogen) atoms. The highest BCUT2D eigenvalue weighted by Gasteiger charge is 2.04. The highest BCUT2D eigenvalue weighted by molar-refractivity contribution is 9.10. The van der Waals surface area contributed by atoms with E-state index in [1.165, 1.54) is 6.33 Å². The van der Waals surface area contributed by atoms with Crippen LogP contribution in [0.15, 0.2) is 10.8 Å². The van der Waals surface area contributed by atoms with Crippen LogP contribution in [0.1, 0.15) is 19.8 Å². The predicted molar refractivity (Wildman–Crippen MR) is 63.5 cm³/mol. The van der Waals surface area contributed by atoms with Gasteiger partial charge in [0.2, 0.25) is 0 Å². The van der Waals surface area contributed by atoms with E-state index < -0.39 is 0 Å². The molecule has 0 aliphatic rings. The molecule has 1 aromatic heterocycles. The lowest BCUT2D eigenvalue weighted by Crippen LogP contribution is -2.08. The second kappa shape index (κ2) is 5.87. The molecular formula is C9H15BrN4O. The van der Waals surface area contributed by atoms with Crippen LogP contribution in [0, 0.1) is 0 Å². The largest absolute Gasteiger partial charge is 0.393 e. The Morgan fingerprint density at radius 2 is 2.33 bits per heavy atom. The molecule has 0 aliphatic heterocycles. The summed E-state index contributed by atoms with van der Waals surface area (Å²) >= 11 is 3.30. The fourth-order valence-corrected chi connectivity index (χ4v) is 1.46. The van der Waals surface area contributed by atoms with Gasteiger partial charge in [-0.25, -0.2) is 9.97 Å². The first-order chi connectivity index (χ1) is 7.11. The molecule has 4 N–H and O–H groups in total. The van der Waals surface area contributed by atoms with Gasteiger partial charge in [-0.1, -0.05) is 0 Å². The zero-order valence-electron chi connectivity index (χ0n) is 8.57. The van der Waals surface area contributed by atoms with Gasteiger partial charge in [-0.15, -0.1) is 0 Å². The number of aliphatic hydroxyl groups excluding tert-OH is 1. The number of halogens is 1. The van der Waals surface area contributed by atoms with Crippen LogP contribution in [-0.4, -0.2) is 27.7 Å². The second-order valence-corrected chi connectivity index (χ2v) is 4.13. The van der Waals surface area contributed by atoms with Gasteiger partial charge in [-0.2, -0.15) is 0 Å². The standard InChI is InChI=1S/C9H15BrN4O/c1-6(15)3-2-4-12-9-7(10)8(11)13-5-14-9/h5-6,15H,2-4H2,1H3,(H3,11,12,13,14). The van der Waals surface area contributed by atoms with Gasteiger partial charge in [0.15, 0.2) is 0 Å². The highest BCUT2D eigenvalue weighted by atomic mass is 79.9. The van der Waals surface area contributed by atoms with Crippen molar-refractivity contribution in [2.75, 3.05) is 17.6 Å². The van der Waals surface area contributed by atoms with Crippen molar-refractivity contribution in [3.05, 3.63) is 10.8 Å². The van der Waals surface area contributed by atoms with Crippen LogP contribution < -0.4 is 11.1 Å². The number of hydrogen-bond acceptors (Lipinski definition) is 5.